The van der Waals surface area contributed by atoms with Crippen LogP contribution in [0, 0.1) is 0 Å². The Hall–Kier alpha value is -1.49. The van der Waals surface area contributed by atoms with E-state index in [9.17, 15) is 0 Å². The van der Waals surface area contributed by atoms with Crippen LogP contribution in [0.3, 0.4) is 0 Å². The SMILES string of the molecule is CN(c1nc(N)nc2ccccc12)C1CCSC1. The molecule has 18 heavy (non-hydrogen) atoms. The lowest BCUT2D eigenvalue weighted by molar-refractivity contribution is 0.694. The number of benzene rings is 1. The molecule has 1 aromatic heterocycles. The summed E-state index contributed by atoms with van der Waals surface area (Å²) in [6.45, 7) is 0. The van der Waals surface area contributed by atoms with Gasteiger partial charge >= 0.3 is 0 Å². The number of para-hydroxylation sites is 1. The highest BCUT2D eigenvalue weighted by atomic mass is 32.2. The van der Waals surface area contributed by atoms with Crippen LogP contribution in [0.25, 0.3) is 10.9 Å². The number of hydrogen-bond donors (Lipinski definition) is 1. The maximum atomic E-state index is 5.81. The van der Waals surface area contributed by atoms with E-state index in [0.717, 1.165) is 22.5 Å². The smallest absolute Gasteiger partial charge is 0.222 e. The molecular weight excluding hydrogens is 244 g/mol. The van der Waals surface area contributed by atoms with Crippen molar-refractivity contribution in [2.24, 2.45) is 0 Å². The number of aromatic nitrogens is 2. The first-order valence-electron chi connectivity index (χ1n) is 6.08. The van der Waals surface area contributed by atoms with Crippen LogP contribution in [0.5, 0.6) is 0 Å². The van der Waals surface area contributed by atoms with Crippen LogP contribution in [0.15, 0.2) is 24.3 Å². The third kappa shape index (κ3) is 1.99. The number of hydrogen-bond acceptors (Lipinski definition) is 5. The molecule has 5 heteroatoms. The molecule has 0 radical (unpaired) electrons. The molecule has 0 bridgehead atoms. The first kappa shape index (κ1) is 11.6. The van der Waals surface area contributed by atoms with Gasteiger partial charge in [0, 0.05) is 24.2 Å². The molecule has 1 saturated heterocycles. The molecule has 0 saturated carbocycles. The number of nitrogens with zero attached hydrogens (tertiary/aromatic N) is 3. The van der Waals surface area contributed by atoms with Gasteiger partial charge in [0.05, 0.1) is 5.52 Å². The molecule has 94 valence electrons. The molecule has 1 aromatic carbocycles. The Balaban J connectivity index is 2.09. The van der Waals surface area contributed by atoms with Gasteiger partial charge in [0.15, 0.2) is 0 Å². The second kappa shape index (κ2) is 4.65. The van der Waals surface area contributed by atoms with Crippen molar-refractivity contribution in [1.29, 1.82) is 0 Å². The number of thioether (sulfide) groups is 1. The second-order valence-electron chi connectivity index (χ2n) is 4.55. The summed E-state index contributed by atoms with van der Waals surface area (Å²) >= 11 is 2.00. The predicted molar refractivity (Wildman–Crippen MR) is 78.1 cm³/mol. The maximum absolute atomic E-state index is 5.81. The fourth-order valence-electron chi connectivity index (χ4n) is 2.35. The van der Waals surface area contributed by atoms with Gasteiger partial charge in [0.2, 0.25) is 5.95 Å². The lowest BCUT2D eigenvalue weighted by Gasteiger charge is -2.26. The van der Waals surface area contributed by atoms with E-state index in [1.165, 1.54) is 12.2 Å². The zero-order valence-electron chi connectivity index (χ0n) is 10.3. The van der Waals surface area contributed by atoms with Crippen LogP contribution >= 0.6 is 11.8 Å². The summed E-state index contributed by atoms with van der Waals surface area (Å²) in [5, 5.41) is 1.08. The van der Waals surface area contributed by atoms with Crippen LogP contribution in [-0.4, -0.2) is 34.6 Å². The summed E-state index contributed by atoms with van der Waals surface area (Å²) in [6.07, 6.45) is 1.21. The molecule has 0 amide bonds. The molecule has 1 unspecified atom stereocenters. The van der Waals surface area contributed by atoms with Crippen molar-refractivity contribution in [3.05, 3.63) is 24.3 Å². The van der Waals surface area contributed by atoms with Crippen LogP contribution < -0.4 is 10.6 Å². The monoisotopic (exact) mass is 260 g/mol. The highest BCUT2D eigenvalue weighted by Crippen LogP contribution is 2.29. The molecule has 1 fully saturated rings. The van der Waals surface area contributed by atoms with Crippen LogP contribution in [-0.2, 0) is 0 Å². The Bertz CT molecular complexity index is 566. The molecule has 1 aliphatic heterocycles. The van der Waals surface area contributed by atoms with E-state index >= 15 is 0 Å². The Kier molecular flexibility index (Phi) is 2.99. The maximum Gasteiger partial charge on any atom is 0.222 e. The highest BCUT2D eigenvalue weighted by molar-refractivity contribution is 7.99. The summed E-state index contributed by atoms with van der Waals surface area (Å²) in [7, 11) is 2.10. The third-order valence-electron chi connectivity index (χ3n) is 3.39. The normalized spacial score (nSPS) is 19.3. The van der Waals surface area contributed by atoms with Crippen LogP contribution in [0.1, 0.15) is 6.42 Å². The Morgan fingerprint density at radius 1 is 1.33 bits per heavy atom. The van der Waals surface area contributed by atoms with Crippen LogP contribution in [0.4, 0.5) is 11.8 Å². The quantitative estimate of drug-likeness (QED) is 0.896. The van der Waals surface area contributed by atoms with E-state index in [4.69, 9.17) is 5.73 Å². The first-order valence-corrected chi connectivity index (χ1v) is 7.24. The molecule has 4 nitrogen and oxygen atoms in total. The number of nitrogens with two attached hydrogens (primary N) is 1. The first-order chi connectivity index (χ1) is 8.75. The van der Waals surface area contributed by atoms with Gasteiger partial charge in [-0.2, -0.15) is 16.7 Å². The van der Waals surface area contributed by atoms with E-state index < -0.39 is 0 Å². The van der Waals surface area contributed by atoms with Gasteiger partial charge in [-0.15, -0.1) is 0 Å². The van der Waals surface area contributed by atoms with Gasteiger partial charge in [-0.3, -0.25) is 0 Å². The molecule has 0 aliphatic carbocycles. The Morgan fingerprint density at radius 2 is 2.17 bits per heavy atom. The molecule has 0 spiro atoms. The Morgan fingerprint density at radius 3 is 2.94 bits per heavy atom. The molecule has 1 aliphatic rings. The summed E-state index contributed by atoms with van der Waals surface area (Å²) in [4.78, 5) is 11.0. The van der Waals surface area contributed by atoms with E-state index in [1.54, 1.807) is 0 Å². The van der Waals surface area contributed by atoms with Gasteiger partial charge in [-0.25, -0.2) is 4.98 Å². The van der Waals surface area contributed by atoms with Crippen molar-refractivity contribution in [1.82, 2.24) is 9.97 Å². The van der Waals surface area contributed by atoms with Crippen molar-refractivity contribution >= 4 is 34.4 Å². The van der Waals surface area contributed by atoms with Gasteiger partial charge in [0.1, 0.15) is 5.82 Å². The minimum Gasteiger partial charge on any atom is -0.368 e. The number of nitrogen functional groups attached to an aromatic ring is 1. The standard InChI is InChI=1S/C13H16N4S/c1-17(9-6-7-18-8-9)12-10-4-2-3-5-11(10)15-13(14)16-12/h2-5,9H,6-8H2,1H3,(H2,14,15,16). The van der Waals surface area contributed by atoms with Gasteiger partial charge < -0.3 is 10.6 Å². The molecule has 2 N–H and O–H groups in total. The lowest BCUT2D eigenvalue weighted by Crippen LogP contribution is -2.32. The fraction of sp³-hybridized carbons (Fsp3) is 0.385. The number of rotatable bonds is 2. The predicted octanol–water partition coefficient (Wildman–Crippen LogP) is 2.15. The van der Waals surface area contributed by atoms with Gasteiger partial charge in [-0.1, -0.05) is 12.1 Å². The molecule has 3 rings (SSSR count). The second-order valence-corrected chi connectivity index (χ2v) is 5.70. The van der Waals surface area contributed by atoms with E-state index in [2.05, 4.69) is 28.0 Å². The van der Waals surface area contributed by atoms with Gasteiger partial charge in [0.25, 0.3) is 0 Å². The fourth-order valence-corrected chi connectivity index (χ4v) is 3.61. The average molecular weight is 260 g/mol. The zero-order chi connectivity index (χ0) is 12.5. The lowest BCUT2D eigenvalue weighted by atomic mass is 10.2. The molecule has 2 aromatic rings. The average Bonchev–Trinajstić information content (AvgIpc) is 2.90. The van der Waals surface area contributed by atoms with E-state index in [-0.39, 0.29) is 0 Å². The van der Waals surface area contributed by atoms with Gasteiger partial charge in [-0.05, 0) is 24.3 Å². The van der Waals surface area contributed by atoms with Crippen molar-refractivity contribution in [2.45, 2.75) is 12.5 Å². The van der Waals surface area contributed by atoms with E-state index in [0.29, 0.717) is 12.0 Å². The zero-order valence-corrected chi connectivity index (χ0v) is 11.2. The number of anilines is 2. The summed E-state index contributed by atoms with van der Waals surface area (Å²) < 4.78 is 0. The third-order valence-corrected chi connectivity index (χ3v) is 4.53. The number of fused-ring (bicyclic) bond motifs is 1. The summed E-state index contributed by atoms with van der Waals surface area (Å²) in [5.41, 5.74) is 6.72. The minimum absolute atomic E-state index is 0.348. The van der Waals surface area contributed by atoms with E-state index in [1.807, 2.05) is 30.0 Å². The largest absolute Gasteiger partial charge is 0.368 e. The summed E-state index contributed by atoms with van der Waals surface area (Å²) in [5.74, 6) is 3.69. The van der Waals surface area contributed by atoms with Crippen molar-refractivity contribution in [2.75, 3.05) is 29.2 Å². The van der Waals surface area contributed by atoms with Crippen LogP contribution in [0.2, 0.25) is 0 Å². The molecule has 2 heterocycles. The molecule has 1 atom stereocenters. The Labute approximate surface area is 111 Å². The van der Waals surface area contributed by atoms with Crippen molar-refractivity contribution < 1.29 is 0 Å². The molecular formula is C13H16N4S. The topological polar surface area (TPSA) is 55.0 Å². The highest BCUT2D eigenvalue weighted by Gasteiger charge is 2.22. The summed E-state index contributed by atoms with van der Waals surface area (Å²) in [6, 6.07) is 8.58. The van der Waals surface area contributed by atoms with Crippen molar-refractivity contribution in [3.63, 3.8) is 0 Å². The van der Waals surface area contributed by atoms with Crippen molar-refractivity contribution in [3.8, 4) is 0 Å². The minimum atomic E-state index is 0.348.